The van der Waals surface area contributed by atoms with Gasteiger partial charge in [-0.1, -0.05) is 0 Å². The van der Waals surface area contributed by atoms with Crippen LogP contribution in [0.2, 0.25) is 0 Å². The maximum absolute atomic E-state index is 11.5. The smallest absolute Gasteiger partial charge is 0.202 e. The van der Waals surface area contributed by atoms with E-state index < -0.39 is 6.17 Å². The van der Waals surface area contributed by atoms with Crippen LogP contribution >= 0.6 is 11.3 Å². The SMILES string of the molecule is CN1c2sc(C=O)cc2C(=O)C1N. The lowest BCUT2D eigenvalue weighted by atomic mass is 10.2. The van der Waals surface area contributed by atoms with Crippen LogP contribution < -0.4 is 10.6 Å². The Kier molecular flexibility index (Phi) is 1.71. The Balaban J connectivity index is 2.54. The lowest BCUT2D eigenvalue weighted by molar-refractivity contribution is 0.0974. The van der Waals surface area contributed by atoms with E-state index >= 15 is 0 Å². The van der Waals surface area contributed by atoms with Gasteiger partial charge in [0.25, 0.3) is 0 Å². The second kappa shape index (κ2) is 2.65. The molecule has 0 aliphatic carbocycles. The van der Waals surface area contributed by atoms with Gasteiger partial charge in [-0.25, -0.2) is 0 Å². The number of aldehydes is 1. The quantitative estimate of drug-likeness (QED) is 0.663. The number of nitrogens with two attached hydrogens (primary N) is 1. The molecule has 1 aliphatic heterocycles. The summed E-state index contributed by atoms with van der Waals surface area (Å²) in [6.07, 6.45) is 0.164. The summed E-state index contributed by atoms with van der Waals surface area (Å²) in [5.74, 6) is -0.109. The molecule has 2 N–H and O–H groups in total. The first-order valence-corrected chi connectivity index (χ1v) is 4.58. The molecule has 13 heavy (non-hydrogen) atoms. The molecule has 0 spiro atoms. The van der Waals surface area contributed by atoms with E-state index in [-0.39, 0.29) is 5.78 Å². The molecule has 0 saturated heterocycles. The van der Waals surface area contributed by atoms with Gasteiger partial charge in [0.15, 0.2) is 6.29 Å². The fourth-order valence-corrected chi connectivity index (χ4v) is 2.33. The molecule has 1 atom stereocenters. The van der Waals surface area contributed by atoms with Crippen molar-refractivity contribution in [3.05, 3.63) is 16.5 Å². The normalized spacial score (nSPS) is 20.6. The average molecular weight is 196 g/mol. The van der Waals surface area contributed by atoms with Crippen molar-refractivity contribution in [3.8, 4) is 0 Å². The number of hydrogen-bond acceptors (Lipinski definition) is 5. The molecule has 0 bridgehead atoms. The van der Waals surface area contributed by atoms with E-state index in [0.717, 1.165) is 11.3 Å². The molecule has 1 unspecified atom stereocenters. The van der Waals surface area contributed by atoms with Gasteiger partial charge in [0.1, 0.15) is 11.2 Å². The van der Waals surface area contributed by atoms with E-state index in [1.165, 1.54) is 11.3 Å². The van der Waals surface area contributed by atoms with Gasteiger partial charge in [0.2, 0.25) is 5.78 Å². The van der Waals surface area contributed by atoms with Gasteiger partial charge in [-0.05, 0) is 6.07 Å². The standard InChI is InChI=1S/C8H8N2O2S/c1-10-7(9)6(12)5-2-4(3-11)13-8(5)10/h2-3,7H,9H2,1H3. The average Bonchev–Trinajstić information content (AvgIpc) is 2.64. The molecule has 0 fully saturated rings. The minimum absolute atomic E-state index is 0.109. The Morgan fingerprint density at radius 1 is 1.69 bits per heavy atom. The minimum atomic E-state index is -0.582. The predicted octanol–water partition coefficient (Wildman–Crippen LogP) is 0.478. The number of carbonyl (C=O) groups is 2. The van der Waals surface area contributed by atoms with Crippen LogP contribution in [0, 0.1) is 0 Å². The maximum Gasteiger partial charge on any atom is 0.202 e. The van der Waals surface area contributed by atoms with Gasteiger partial charge in [-0.3, -0.25) is 9.59 Å². The largest absolute Gasteiger partial charge is 0.344 e. The summed E-state index contributed by atoms with van der Waals surface area (Å²) in [4.78, 5) is 24.2. The fraction of sp³-hybridized carbons (Fsp3) is 0.250. The number of ketones is 1. The van der Waals surface area contributed by atoms with Crippen LogP contribution in [-0.2, 0) is 0 Å². The molecule has 0 radical (unpaired) electrons. The van der Waals surface area contributed by atoms with Crippen LogP contribution in [0.1, 0.15) is 20.0 Å². The summed E-state index contributed by atoms with van der Waals surface area (Å²) < 4.78 is 0. The highest BCUT2D eigenvalue weighted by Gasteiger charge is 2.34. The van der Waals surface area contributed by atoms with E-state index in [1.807, 2.05) is 0 Å². The third-order valence-corrected chi connectivity index (χ3v) is 3.27. The Morgan fingerprint density at radius 2 is 2.38 bits per heavy atom. The zero-order valence-electron chi connectivity index (χ0n) is 6.98. The number of thiophene rings is 1. The highest BCUT2D eigenvalue weighted by Crippen LogP contribution is 2.36. The van der Waals surface area contributed by atoms with Crippen molar-refractivity contribution in [3.63, 3.8) is 0 Å². The molecule has 0 saturated carbocycles. The first-order chi connectivity index (χ1) is 6.15. The van der Waals surface area contributed by atoms with Gasteiger partial charge in [-0.15, -0.1) is 11.3 Å². The third-order valence-electron chi connectivity index (χ3n) is 2.12. The minimum Gasteiger partial charge on any atom is -0.344 e. The van der Waals surface area contributed by atoms with Crippen LogP contribution in [0.15, 0.2) is 6.07 Å². The molecular formula is C8H8N2O2S. The second-order valence-electron chi connectivity index (χ2n) is 2.91. The number of fused-ring (bicyclic) bond motifs is 1. The van der Waals surface area contributed by atoms with E-state index in [9.17, 15) is 9.59 Å². The Morgan fingerprint density at radius 3 is 2.92 bits per heavy atom. The molecule has 0 amide bonds. The molecular weight excluding hydrogens is 188 g/mol. The van der Waals surface area contributed by atoms with E-state index in [2.05, 4.69) is 0 Å². The number of rotatable bonds is 1. The molecule has 68 valence electrons. The van der Waals surface area contributed by atoms with Crippen molar-refractivity contribution in [1.29, 1.82) is 0 Å². The number of Topliss-reactive ketones (excluding diaryl/α,β-unsaturated/α-hetero) is 1. The van der Waals surface area contributed by atoms with Crippen LogP contribution in [-0.4, -0.2) is 25.3 Å². The summed E-state index contributed by atoms with van der Waals surface area (Å²) in [5.41, 5.74) is 6.17. The van der Waals surface area contributed by atoms with Crippen LogP contribution in [0.3, 0.4) is 0 Å². The van der Waals surface area contributed by atoms with Gasteiger partial charge in [0, 0.05) is 7.05 Å². The monoisotopic (exact) mass is 196 g/mol. The van der Waals surface area contributed by atoms with Crippen molar-refractivity contribution >= 4 is 28.4 Å². The third kappa shape index (κ3) is 1.01. The lowest BCUT2D eigenvalue weighted by Gasteiger charge is -2.15. The van der Waals surface area contributed by atoms with Crippen LogP contribution in [0.4, 0.5) is 5.00 Å². The Labute approximate surface area is 78.9 Å². The first-order valence-electron chi connectivity index (χ1n) is 3.77. The number of nitrogens with zero attached hydrogens (tertiary/aromatic N) is 1. The topological polar surface area (TPSA) is 63.4 Å². The molecule has 4 nitrogen and oxygen atoms in total. The molecule has 2 heterocycles. The second-order valence-corrected chi connectivity index (χ2v) is 3.97. The zero-order valence-corrected chi connectivity index (χ0v) is 7.80. The zero-order chi connectivity index (χ0) is 9.59. The van der Waals surface area contributed by atoms with Gasteiger partial charge >= 0.3 is 0 Å². The number of likely N-dealkylation sites (N-methyl/N-ethyl adjacent to an activating group) is 1. The van der Waals surface area contributed by atoms with Crippen molar-refractivity contribution in [2.75, 3.05) is 11.9 Å². The summed E-state index contributed by atoms with van der Waals surface area (Å²) in [5, 5.41) is 0.791. The number of anilines is 1. The molecule has 1 aliphatic rings. The highest BCUT2D eigenvalue weighted by atomic mass is 32.1. The van der Waals surface area contributed by atoms with E-state index in [0.29, 0.717) is 10.4 Å². The summed E-state index contributed by atoms with van der Waals surface area (Å²) in [6, 6.07) is 1.60. The van der Waals surface area contributed by atoms with E-state index in [1.54, 1.807) is 18.0 Å². The first kappa shape index (κ1) is 8.40. The fourth-order valence-electron chi connectivity index (χ4n) is 1.36. The van der Waals surface area contributed by atoms with Gasteiger partial charge < -0.3 is 10.6 Å². The van der Waals surface area contributed by atoms with Gasteiger partial charge in [0.05, 0.1) is 10.4 Å². The molecule has 2 rings (SSSR count). The van der Waals surface area contributed by atoms with Crippen molar-refractivity contribution in [2.24, 2.45) is 5.73 Å². The van der Waals surface area contributed by atoms with Crippen molar-refractivity contribution in [2.45, 2.75) is 6.17 Å². The van der Waals surface area contributed by atoms with Crippen molar-refractivity contribution in [1.82, 2.24) is 0 Å². The highest BCUT2D eigenvalue weighted by molar-refractivity contribution is 7.18. The Hall–Kier alpha value is -1.20. The summed E-state index contributed by atoms with van der Waals surface area (Å²) >= 11 is 1.29. The number of hydrogen-bond donors (Lipinski definition) is 1. The van der Waals surface area contributed by atoms with Crippen molar-refractivity contribution < 1.29 is 9.59 Å². The summed E-state index contributed by atoms with van der Waals surface area (Å²) in [7, 11) is 1.75. The lowest BCUT2D eigenvalue weighted by Crippen LogP contribution is -2.40. The molecule has 1 aromatic rings. The van der Waals surface area contributed by atoms with Crippen LogP contribution in [0.5, 0.6) is 0 Å². The Bertz CT molecular complexity index is 385. The molecule has 0 aromatic carbocycles. The predicted molar refractivity (Wildman–Crippen MR) is 50.4 cm³/mol. The summed E-state index contributed by atoms with van der Waals surface area (Å²) in [6.45, 7) is 0. The molecule has 1 aromatic heterocycles. The molecule has 5 heteroatoms. The van der Waals surface area contributed by atoms with Gasteiger partial charge in [-0.2, -0.15) is 0 Å². The van der Waals surface area contributed by atoms with E-state index in [4.69, 9.17) is 5.73 Å². The number of carbonyl (C=O) groups excluding carboxylic acids is 2. The van der Waals surface area contributed by atoms with Crippen LogP contribution in [0.25, 0.3) is 0 Å². The maximum atomic E-state index is 11.5.